The quantitative estimate of drug-likeness (QED) is 0.645. The summed E-state index contributed by atoms with van der Waals surface area (Å²) in [6.07, 6.45) is 0. The van der Waals surface area contributed by atoms with Crippen LogP contribution >= 0.6 is 0 Å². The molecule has 0 heterocycles. The predicted molar refractivity (Wildman–Crippen MR) is 94.6 cm³/mol. The van der Waals surface area contributed by atoms with E-state index in [-0.39, 0.29) is 17.2 Å². The molecule has 0 aromatic heterocycles. The largest absolute Gasteiger partial charge is 0.341 e. The summed E-state index contributed by atoms with van der Waals surface area (Å²) in [5.74, 6) is -0.919. The van der Waals surface area contributed by atoms with Crippen molar-refractivity contribution >= 4 is 23.2 Å². The van der Waals surface area contributed by atoms with Gasteiger partial charge in [-0.2, -0.15) is 0 Å². The third kappa shape index (κ3) is 4.63. The fraction of sp³-hybridized carbons (Fsp3) is 0.222. The number of carbonyl (C=O) groups excluding carboxylic acids is 2. The molecule has 7 heteroatoms. The topological polar surface area (TPSA) is 101 Å². The number of benzene rings is 2. The lowest BCUT2D eigenvalue weighted by Gasteiger charge is -2.15. The van der Waals surface area contributed by atoms with Crippen molar-refractivity contribution in [1.82, 2.24) is 5.32 Å². The van der Waals surface area contributed by atoms with Crippen LogP contribution in [0.5, 0.6) is 0 Å². The lowest BCUT2D eigenvalue weighted by molar-refractivity contribution is -0.384. The average molecular weight is 341 g/mol. The molecule has 0 spiro atoms. The summed E-state index contributed by atoms with van der Waals surface area (Å²) in [5.41, 5.74) is 2.63. The Hall–Kier alpha value is -3.22. The number of hydrogen-bond donors (Lipinski definition) is 2. The Balaban J connectivity index is 2.04. The molecule has 0 aliphatic heterocycles. The number of nitro benzene ring substituents is 1. The standard InChI is InChI=1S/C18H19N3O4/c1-11-7-8-16(12(2)9-11)20-17(22)13(3)19-18(23)14-5-4-6-15(10-14)21(24)25/h4-10,13H,1-3H3,(H,19,23)(H,20,22). The molecule has 0 fully saturated rings. The van der Waals surface area contributed by atoms with E-state index in [1.165, 1.54) is 24.3 Å². The molecule has 2 N–H and O–H groups in total. The number of nitrogens with one attached hydrogen (secondary N) is 2. The van der Waals surface area contributed by atoms with Gasteiger partial charge >= 0.3 is 0 Å². The van der Waals surface area contributed by atoms with E-state index in [0.717, 1.165) is 11.1 Å². The maximum atomic E-state index is 12.3. The van der Waals surface area contributed by atoms with Gasteiger partial charge < -0.3 is 10.6 Å². The van der Waals surface area contributed by atoms with Crippen LogP contribution in [0, 0.1) is 24.0 Å². The van der Waals surface area contributed by atoms with Crippen LogP contribution in [0.3, 0.4) is 0 Å². The summed E-state index contributed by atoms with van der Waals surface area (Å²) in [5, 5.41) is 16.1. The van der Waals surface area contributed by atoms with Gasteiger partial charge in [0.1, 0.15) is 6.04 Å². The van der Waals surface area contributed by atoms with Crippen molar-refractivity contribution in [2.75, 3.05) is 5.32 Å². The highest BCUT2D eigenvalue weighted by Gasteiger charge is 2.18. The zero-order valence-corrected chi connectivity index (χ0v) is 14.2. The van der Waals surface area contributed by atoms with Gasteiger partial charge in [-0.3, -0.25) is 19.7 Å². The van der Waals surface area contributed by atoms with E-state index in [9.17, 15) is 19.7 Å². The second kappa shape index (κ2) is 7.57. The second-order valence-corrected chi connectivity index (χ2v) is 5.81. The van der Waals surface area contributed by atoms with Crippen molar-refractivity contribution in [3.63, 3.8) is 0 Å². The maximum absolute atomic E-state index is 12.3. The molecule has 0 aliphatic rings. The molecular weight excluding hydrogens is 322 g/mol. The summed E-state index contributed by atoms with van der Waals surface area (Å²) < 4.78 is 0. The molecule has 2 aromatic rings. The lowest BCUT2D eigenvalue weighted by atomic mass is 10.1. The van der Waals surface area contributed by atoms with E-state index in [2.05, 4.69) is 10.6 Å². The number of rotatable bonds is 5. The smallest absolute Gasteiger partial charge is 0.270 e. The van der Waals surface area contributed by atoms with Crippen molar-refractivity contribution in [1.29, 1.82) is 0 Å². The van der Waals surface area contributed by atoms with Gasteiger partial charge in [0, 0.05) is 23.4 Å². The Morgan fingerprint density at radius 3 is 2.48 bits per heavy atom. The van der Waals surface area contributed by atoms with Crippen LogP contribution in [0.25, 0.3) is 0 Å². The first kappa shape index (κ1) is 18.1. The van der Waals surface area contributed by atoms with E-state index >= 15 is 0 Å². The normalized spacial score (nSPS) is 11.5. The molecule has 2 aromatic carbocycles. The summed E-state index contributed by atoms with van der Waals surface area (Å²) in [6, 6.07) is 10.2. The number of carbonyl (C=O) groups is 2. The first-order valence-corrected chi connectivity index (χ1v) is 7.71. The molecule has 0 bridgehead atoms. The Bertz CT molecular complexity index is 833. The second-order valence-electron chi connectivity index (χ2n) is 5.81. The number of non-ortho nitro benzene ring substituents is 1. The SMILES string of the molecule is Cc1ccc(NC(=O)C(C)NC(=O)c2cccc([N+](=O)[O-])c2)c(C)c1. The Kier molecular flexibility index (Phi) is 5.49. The summed E-state index contributed by atoms with van der Waals surface area (Å²) in [6.45, 7) is 5.39. The molecule has 1 unspecified atom stereocenters. The number of nitrogens with zero attached hydrogens (tertiary/aromatic N) is 1. The molecule has 7 nitrogen and oxygen atoms in total. The minimum absolute atomic E-state index is 0.125. The zero-order chi connectivity index (χ0) is 18.6. The molecule has 2 rings (SSSR count). The van der Waals surface area contributed by atoms with Crippen LogP contribution in [0.4, 0.5) is 11.4 Å². The van der Waals surface area contributed by atoms with Crippen molar-refractivity contribution in [2.24, 2.45) is 0 Å². The molecule has 0 saturated carbocycles. The monoisotopic (exact) mass is 341 g/mol. The fourth-order valence-electron chi connectivity index (χ4n) is 2.30. The van der Waals surface area contributed by atoms with Crippen LogP contribution < -0.4 is 10.6 Å². The Labute approximate surface area is 145 Å². The maximum Gasteiger partial charge on any atom is 0.270 e. The van der Waals surface area contributed by atoms with Gasteiger partial charge in [-0.1, -0.05) is 23.8 Å². The average Bonchev–Trinajstić information content (AvgIpc) is 2.57. The molecule has 130 valence electrons. The van der Waals surface area contributed by atoms with Crippen molar-refractivity contribution in [3.05, 3.63) is 69.3 Å². The number of amides is 2. The van der Waals surface area contributed by atoms with Gasteiger partial charge in [0.05, 0.1) is 4.92 Å². The lowest BCUT2D eigenvalue weighted by Crippen LogP contribution is -2.41. The van der Waals surface area contributed by atoms with Crippen LogP contribution in [0.2, 0.25) is 0 Å². The number of anilines is 1. The Morgan fingerprint density at radius 1 is 1.12 bits per heavy atom. The number of aryl methyl sites for hydroxylation is 2. The van der Waals surface area contributed by atoms with E-state index in [4.69, 9.17) is 0 Å². The fourth-order valence-corrected chi connectivity index (χ4v) is 2.30. The third-order valence-corrected chi connectivity index (χ3v) is 3.70. The highest BCUT2D eigenvalue weighted by Crippen LogP contribution is 2.16. The number of hydrogen-bond acceptors (Lipinski definition) is 4. The van der Waals surface area contributed by atoms with Gasteiger partial charge in [0.2, 0.25) is 5.91 Å². The third-order valence-electron chi connectivity index (χ3n) is 3.70. The first-order valence-electron chi connectivity index (χ1n) is 7.71. The summed E-state index contributed by atoms with van der Waals surface area (Å²) in [7, 11) is 0. The highest BCUT2D eigenvalue weighted by molar-refractivity contribution is 6.01. The van der Waals surface area contributed by atoms with Crippen LogP contribution in [0.15, 0.2) is 42.5 Å². The summed E-state index contributed by atoms with van der Waals surface area (Å²) >= 11 is 0. The predicted octanol–water partition coefficient (Wildman–Crippen LogP) is 2.97. The van der Waals surface area contributed by atoms with Crippen LogP contribution in [-0.2, 0) is 4.79 Å². The molecule has 25 heavy (non-hydrogen) atoms. The Morgan fingerprint density at radius 2 is 1.84 bits per heavy atom. The molecule has 0 radical (unpaired) electrons. The minimum atomic E-state index is -0.799. The van der Waals surface area contributed by atoms with Gasteiger partial charge in [0.15, 0.2) is 0 Å². The van der Waals surface area contributed by atoms with E-state index < -0.39 is 16.9 Å². The van der Waals surface area contributed by atoms with Crippen LogP contribution in [0.1, 0.15) is 28.4 Å². The molecule has 0 saturated heterocycles. The highest BCUT2D eigenvalue weighted by atomic mass is 16.6. The van der Waals surface area contributed by atoms with E-state index in [1.807, 2.05) is 26.0 Å². The van der Waals surface area contributed by atoms with Gasteiger partial charge in [0.25, 0.3) is 11.6 Å². The zero-order valence-electron chi connectivity index (χ0n) is 14.2. The number of nitro groups is 1. The van der Waals surface area contributed by atoms with E-state index in [1.54, 1.807) is 13.0 Å². The molecule has 0 aliphatic carbocycles. The van der Waals surface area contributed by atoms with Crippen LogP contribution in [-0.4, -0.2) is 22.8 Å². The van der Waals surface area contributed by atoms with Gasteiger partial charge in [-0.25, -0.2) is 0 Å². The first-order chi connectivity index (χ1) is 11.8. The summed E-state index contributed by atoms with van der Waals surface area (Å²) in [4.78, 5) is 34.6. The van der Waals surface area contributed by atoms with Crippen molar-refractivity contribution in [2.45, 2.75) is 26.8 Å². The van der Waals surface area contributed by atoms with Crippen molar-refractivity contribution < 1.29 is 14.5 Å². The van der Waals surface area contributed by atoms with Gasteiger partial charge in [-0.15, -0.1) is 0 Å². The van der Waals surface area contributed by atoms with Crippen molar-refractivity contribution in [3.8, 4) is 0 Å². The molecule has 1 atom stereocenters. The van der Waals surface area contributed by atoms with Gasteiger partial charge in [-0.05, 0) is 38.5 Å². The minimum Gasteiger partial charge on any atom is -0.341 e. The molecule has 2 amide bonds. The molecular formula is C18H19N3O4. The van der Waals surface area contributed by atoms with E-state index in [0.29, 0.717) is 5.69 Å².